The molecule has 4 heteroatoms. The standard InChI is InChI=1S/C11H13ClN2O/c12-9-2-1-3-10(6-9)14-5-4-13-7-11(14)8-15/h1-3,6,8,11,13H,4-5,7H2. The van der Waals surface area contributed by atoms with Crippen molar-refractivity contribution in [2.75, 3.05) is 24.5 Å². The fourth-order valence-corrected chi connectivity index (χ4v) is 2.01. The SMILES string of the molecule is O=CC1CNCCN1c1cccc(Cl)c1. The van der Waals surface area contributed by atoms with Crippen LogP contribution in [0.25, 0.3) is 0 Å². The normalized spacial score (nSPS) is 21.4. The zero-order valence-electron chi connectivity index (χ0n) is 8.32. The molecule has 1 N–H and O–H groups in total. The van der Waals surface area contributed by atoms with Crippen molar-refractivity contribution in [3.8, 4) is 0 Å². The van der Waals surface area contributed by atoms with Gasteiger partial charge in [0.2, 0.25) is 0 Å². The highest BCUT2D eigenvalue weighted by Gasteiger charge is 2.21. The van der Waals surface area contributed by atoms with Crippen molar-refractivity contribution in [2.24, 2.45) is 0 Å². The summed E-state index contributed by atoms with van der Waals surface area (Å²) in [5.74, 6) is 0. The third-order valence-corrected chi connectivity index (χ3v) is 2.82. The van der Waals surface area contributed by atoms with E-state index in [0.717, 1.165) is 25.1 Å². The first-order valence-corrected chi connectivity index (χ1v) is 5.37. The van der Waals surface area contributed by atoms with Crippen LogP contribution in [-0.2, 0) is 4.79 Å². The number of halogens is 1. The Morgan fingerprint density at radius 3 is 3.13 bits per heavy atom. The van der Waals surface area contributed by atoms with E-state index in [9.17, 15) is 4.79 Å². The minimum atomic E-state index is -0.0859. The van der Waals surface area contributed by atoms with E-state index in [2.05, 4.69) is 10.2 Å². The molecule has 0 bridgehead atoms. The molecule has 80 valence electrons. The highest BCUT2D eigenvalue weighted by atomic mass is 35.5. The molecular weight excluding hydrogens is 212 g/mol. The number of nitrogens with one attached hydrogen (secondary N) is 1. The van der Waals surface area contributed by atoms with E-state index in [-0.39, 0.29) is 6.04 Å². The number of anilines is 1. The highest BCUT2D eigenvalue weighted by molar-refractivity contribution is 6.30. The average Bonchev–Trinajstić information content (AvgIpc) is 2.29. The second-order valence-corrected chi connectivity index (χ2v) is 4.02. The molecule has 3 nitrogen and oxygen atoms in total. The van der Waals surface area contributed by atoms with Crippen molar-refractivity contribution in [1.82, 2.24) is 5.32 Å². The lowest BCUT2D eigenvalue weighted by Gasteiger charge is -2.34. The lowest BCUT2D eigenvalue weighted by molar-refractivity contribution is -0.109. The van der Waals surface area contributed by atoms with E-state index < -0.39 is 0 Å². The molecule has 1 aliphatic rings. The predicted molar refractivity (Wildman–Crippen MR) is 61.5 cm³/mol. The van der Waals surface area contributed by atoms with Crippen molar-refractivity contribution >= 4 is 23.6 Å². The number of carbonyl (C=O) groups excluding carboxylic acids is 1. The molecule has 0 amide bonds. The lowest BCUT2D eigenvalue weighted by atomic mass is 10.1. The Balaban J connectivity index is 2.23. The van der Waals surface area contributed by atoms with Gasteiger partial charge in [0, 0.05) is 30.3 Å². The molecule has 0 spiro atoms. The zero-order chi connectivity index (χ0) is 10.7. The number of nitrogens with zero attached hydrogens (tertiary/aromatic N) is 1. The first-order valence-electron chi connectivity index (χ1n) is 4.99. The van der Waals surface area contributed by atoms with Gasteiger partial charge in [0.15, 0.2) is 0 Å². The highest BCUT2D eigenvalue weighted by Crippen LogP contribution is 2.21. The number of hydrogen-bond acceptors (Lipinski definition) is 3. The molecule has 0 radical (unpaired) electrons. The molecule has 1 aliphatic heterocycles. The summed E-state index contributed by atoms with van der Waals surface area (Å²) in [5, 5.41) is 3.90. The molecule has 0 saturated carbocycles. The van der Waals surface area contributed by atoms with E-state index >= 15 is 0 Å². The van der Waals surface area contributed by atoms with Gasteiger partial charge in [-0.2, -0.15) is 0 Å². The van der Waals surface area contributed by atoms with Gasteiger partial charge < -0.3 is 15.0 Å². The summed E-state index contributed by atoms with van der Waals surface area (Å²) in [4.78, 5) is 13.0. The molecule has 2 rings (SSSR count). The van der Waals surface area contributed by atoms with Crippen LogP contribution in [0.5, 0.6) is 0 Å². The molecular formula is C11H13ClN2O. The first-order chi connectivity index (χ1) is 7.31. The zero-order valence-corrected chi connectivity index (χ0v) is 9.07. The Morgan fingerprint density at radius 1 is 1.53 bits per heavy atom. The quantitative estimate of drug-likeness (QED) is 0.769. The molecule has 15 heavy (non-hydrogen) atoms. The van der Waals surface area contributed by atoms with Crippen molar-refractivity contribution in [3.05, 3.63) is 29.3 Å². The van der Waals surface area contributed by atoms with Crippen molar-refractivity contribution in [3.63, 3.8) is 0 Å². The van der Waals surface area contributed by atoms with Gasteiger partial charge in [0.05, 0.1) is 6.04 Å². The molecule has 1 fully saturated rings. The second-order valence-electron chi connectivity index (χ2n) is 3.58. The van der Waals surface area contributed by atoms with Crippen LogP contribution < -0.4 is 10.2 Å². The van der Waals surface area contributed by atoms with Crippen LogP contribution >= 0.6 is 11.6 Å². The summed E-state index contributed by atoms with van der Waals surface area (Å²) in [6.07, 6.45) is 0.979. The van der Waals surface area contributed by atoms with E-state index in [1.165, 1.54) is 0 Å². The summed E-state index contributed by atoms with van der Waals surface area (Å²) in [6, 6.07) is 7.53. The van der Waals surface area contributed by atoms with Crippen LogP contribution in [0.3, 0.4) is 0 Å². The molecule has 1 atom stereocenters. The summed E-state index contributed by atoms with van der Waals surface area (Å²) in [5.41, 5.74) is 1.01. The minimum Gasteiger partial charge on any atom is -0.359 e. The first kappa shape index (κ1) is 10.5. The number of benzene rings is 1. The van der Waals surface area contributed by atoms with Crippen LogP contribution in [0.2, 0.25) is 5.02 Å². The van der Waals surface area contributed by atoms with Gasteiger partial charge >= 0.3 is 0 Å². The van der Waals surface area contributed by atoms with Gasteiger partial charge in [0.25, 0.3) is 0 Å². The number of aldehydes is 1. The van der Waals surface area contributed by atoms with Crippen LogP contribution in [-0.4, -0.2) is 32.0 Å². The van der Waals surface area contributed by atoms with Gasteiger partial charge in [-0.3, -0.25) is 0 Å². The van der Waals surface area contributed by atoms with Gasteiger partial charge in [-0.05, 0) is 18.2 Å². The molecule has 1 unspecified atom stereocenters. The molecule has 1 aromatic rings. The van der Waals surface area contributed by atoms with E-state index in [1.54, 1.807) is 0 Å². The Hall–Kier alpha value is -1.06. The third kappa shape index (κ3) is 2.30. The maximum atomic E-state index is 10.9. The van der Waals surface area contributed by atoms with Crippen molar-refractivity contribution < 1.29 is 4.79 Å². The van der Waals surface area contributed by atoms with E-state index in [4.69, 9.17) is 11.6 Å². The second kappa shape index (κ2) is 4.64. The van der Waals surface area contributed by atoms with Gasteiger partial charge in [-0.25, -0.2) is 0 Å². The number of piperazine rings is 1. The molecule has 1 aromatic carbocycles. The monoisotopic (exact) mass is 224 g/mol. The summed E-state index contributed by atoms with van der Waals surface area (Å²) in [7, 11) is 0. The maximum Gasteiger partial charge on any atom is 0.143 e. The fourth-order valence-electron chi connectivity index (χ4n) is 1.82. The lowest BCUT2D eigenvalue weighted by Crippen LogP contribution is -2.52. The number of hydrogen-bond donors (Lipinski definition) is 1. The van der Waals surface area contributed by atoms with E-state index in [1.807, 2.05) is 24.3 Å². The molecule has 0 aromatic heterocycles. The van der Waals surface area contributed by atoms with Crippen LogP contribution in [0.1, 0.15) is 0 Å². The Bertz CT molecular complexity index is 356. The van der Waals surface area contributed by atoms with Gasteiger partial charge in [-0.1, -0.05) is 17.7 Å². The smallest absolute Gasteiger partial charge is 0.143 e. The van der Waals surface area contributed by atoms with Crippen molar-refractivity contribution in [1.29, 1.82) is 0 Å². The summed E-state index contributed by atoms with van der Waals surface area (Å²) in [6.45, 7) is 2.44. The Labute approximate surface area is 94.0 Å². The topological polar surface area (TPSA) is 32.3 Å². The Kier molecular flexibility index (Phi) is 3.23. The van der Waals surface area contributed by atoms with E-state index in [0.29, 0.717) is 11.6 Å². The fraction of sp³-hybridized carbons (Fsp3) is 0.364. The molecule has 1 saturated heterocycles. The third-order valence-electron chi connectivity index (χ3n) is 2.58. The van der Waals surface area contributed by atoms with Gasteiger partial charge in [0.1, 0.15) is 6.29 Å². The summed E-state index contributed by atoms with van der Waals surface area (Å²) >= 11 is 5.92. The number of carbonyl (C=O) groups is 1. The maximum absolute atomic E-state index is 10.9. The van der Waals surface area contributed by atoms with Gasteiger partial charge in [-0.15, -0.1) is 0 Å². The largest absolute Gasteiger partial charge is 0.359 e. The van der Waals surface area contributed by atoms with Crippen LogP contribution in [0.4, 0.5) is 5.69 Å². The number of rotatable bonds is 2. The molecule has 0 aliphatic carbocycles. The van der Waals surface area contributed by atoms with Crippen molar-refractivity contribution in [2.45, 2.75) is 6.04 Å². The summed E-state index contributed by atoms with van der Waals surface area (Å²) < 4.78 is 0. The Morgan fingerprint density at radius 2 is 2.40 bits per heavy atom. The average molecular weight is 225 g/mol. The predicted octanol–water partition coefficient (Wildman–Crippen LogP) is 1.32. The molecule has 1 heterocycles. The van der Waals surface area contributed by atoms with Crippen LogP contribution in [0, 0.1) is 0 Å². The minimum absolute atomic E-state index is 0.0859. The van der Waals surface area contributed by atoms with Crippen LogP contribution in [0.15, 0.2) is 24.3 Å².